The standard InChI is InChI=1S/C26H30FN3O7/c1-30(2)20-14-6-11-5-13-17(15(31)7-12(19(13)27)9-29-8-10-3-4-10)21(32)16(11)23(34)26(14,37)24(35)18(22(20)33)25(28)36/h7,10-11,14,20,29,31-32,35,37H,3-6,8-9H2,1-2H3,(H2,28,36)/t11-,14-,20-,26-/m0/s1. The van der Waals surface area contributed by atoms with Crippen molar-refractivity contribution in [3.63, 3.8) is 0 Å². The molecule has 11 heteroatoms. The van der Waals surface area contributed by atoms with Crippen LogP contribution >= 0.6 is 0 Å². The number of hydrogen-bond acceptors (Lipinski definition) is 9. The van der Waals surface area contributed by atoms with Crippen molar-refractivity contribution in [3.05, 3.63) is 45.5 Å². The zero-order valence-electron chi connectivity index (χ0n) is 20.5. The number of benzene rings is 1. The Morgan fingerprint density at radius 1 is 1.24 bits per heavy atom. The number of nitrogens with one attached hydrogen (secondary N) is 1. The number of amides is 1. The summed E-state index contributed by atoms with van der Waals surface area (Å²) in [5.74, 6) is -7.60. The van der Waals surface area contributed by atoms with Crippen molar-refractivity contribution in [1.82, 2.24) is 10.2 Å². The molecule has 10 nitrogen and oxygen atoms in total. The smallest absolute Gasteiger partial charge is 0.255 e. The Bertz CT molecular complexity index is 1300. The molecule has 0 heterocycles. The van der Waals surface area contributed by atoms with Crippen LogP contribution in [0.15, 0.2) is 23.0 Å². The number of primary amides is 1. The van der Waals surface area contributed by atoms with Gasteiger partial charge in [0.05, 0.1) is 11.6 Å². The van der Waals surface area contributed by atoms with Crippen molar-refractivity contribution in [2.45, 2.75) is 43.9 Å². The molecule has 0 saturated heterocycles. The van der Waals surface area contributed by atoms with Gasteiger partial charge >= 0.3 is 0 Å². The zero-order valence-corrected chi connectivity index (χ0v) is 20.5. The van der Waals surface area contributed by atoms with Gasteiger partial charge in [-0.1, -0.05) is 0 Å². The highest BCUT2D eigenvalue weighted by atomic mass is 19.1. The van der Waals surface area contributed by atoms with Gasteiger partial charge < -0.3 is 31.5 Å². The van der Waals surface area contributed by atoms with Crippen molar-refractivity contribution in [2.24, 2.45) is 23.5 Å². The second-order valence-electron chi connectivity index (χ2n) is 10.8. The first-order chi connectivity index (χ1) is 17.4. The number of rotatable bonds is 6. The van der Waals surface area contributed by atoms with E-state index in [1.54, 1.807) is 0 Å². The van der Waals surface area contributed by atoms with E-state index in [4.69, 9.17) is 5.73 Å². The van der Waals surface area contributed by atoms with Gasteiger partial charge in [0.1, 0.15) is 28.7 Å². The molecule has 4 atom stereocenters. The van der Waals surface area contributed by atoms with Gasteiger partial charge in [-0.25, -0.2) is 4.39 Å². The Morgan fingerprint density at radius 3 is 2.51 bits per heavy atom. The van der Waals surface area contributed by atoms with E-state index in [0.717, 1.165) is 19.4 Å². The lowest BCUT2D eigenvalue weighted by atomic mass is 9.57. The van der Waals surface area contributed by atoms with E-state index in [9.17, 15) is 34.8 Å². The number of nitrogens with zero attached hydrogens (tertiary/aromatic N) is 1. The fourth-order valence-electron chi connectivity index (χ4n) is 6.21. The fraction of sp³-hybridized carbons (Fsp3) is 0.500. The summed E-state index contributed by atoms with van der Waals surface area (Å²) in [5.41, 5.74) is 1.41. The molecule has 4 aliphatic rings. The first-order valence-electron chi connectivity index (χ1n) is 12.3. The van der Waals surface area contributed by atoms with Gasteiger partial charge in [0.15, 0.2) is 11.4 Å². The van der Waals surface area contributed by atoms with Crippen LogP contribution in [0.3, 0.4) is 0 Å². The topological polar surface area (TPSA) is 173 Å². The molecular weight excluding hydrogens is 485 g/mol. The molecule has 37 heavy (non-hydrogen) atoms. The zero-order chi connectivity index (χ0) is 27.0. The quantitative estimate of drug-likeness (QED) is 0.297. The second-order valence-corrected chi connectivity index (χ2v) is 10.8. The van der Waals surface area contributed by atoms with Crippen molar-refractivity contribution in [1.29, 1.82) is 0 Å². The molecule has 0 unspecified atom stereocenters. The second kappa shape index (κ2) is 8.64. The average Bonchev–Trinajstić information content (AvgIpc) is 3.63. The third-order valence-electron chi connectivity index (χ3n) is 8.17. The van der Waals surface area contributed by atoms with Crippen molar-refractivity contribution in [2.75, 3.05) is 20.6 Å². The van der Waals surface area contributed by atoms with Crippen LogP contribution in [0.1, 0.15) is 36.0 Å². The number of Topliss-reactive ketones (excluding diaryl/α,β-unsaturated/α-hetero) is 2. The van der Waals surface area contributed by atoms with E-state index < -0.39 is 69.6 Å². The first-order valence-corrected chi connectivity index (χ1v) is 12.3. The largest absolute Gasteiger partial charge is 0.508 e. The molecule has 5 rings (SSSR count). The minimum atomic E-state index is -2.72. The average molecular weight is 516 g/mol. The highest BCUT2D eigenvalue weighted by Gasteiger charge is 2.64. The van der Waals surface area contributed by atoms with Gasteiger partial charge in [0.2, 0.25) is 5.78 Å². The van der Waals surface area contributed by atoms with E-state index in [1.165, 1.54) is 25.1 Å². The molecule has 7 N–H and O–H groups in total. The molecule has 4 aliphatic carbocycles. The SMILES string of the molecule is CN(C)[C@@H]1C(=O)C(C(N)=O)=C(O)[C@@]2(O)C(=O)C3=C(O)c4c(O)cc(CNCC5CC5)c(F)c4C[C@H]3C[C@@H]12. The number of phenolic OH excluding ortho intramolecular Hbond substituents is 1. The Kier molecular flexibility index (Phi) is 5.93. The summed E-state index contributed by atoms with van der Waals surface area (Å²) in [7, 11) is 3.04. The molecule has 0 spiro atoms. The minimum Gasteiger partial charge on any atom is -0.508 e. The Balaban J connectivity index is 1.62. The van der Waals surface area contributed by atoms with E-state index in [0.29, 0.717) is 5.92 Å². The molecule has 0 aromatic heterocycles. The lowest BCUT2D eigenvalue weighted by Gasteiger charge is -2.50. The van der Waals surface area contributed by atoms with E-state index in [2.05, 4.69) is 5.32 Å². The number of halogens is 1. The number of carbonyl (C=O) groups excluding carboxylic acids is 3. The monoisotopic (exact) mass is 515 g/mol. The summed E-state index contributed by atoms with van der Waals surface area (Å²) in [6, 6.07) is 0.00792. The third kappa shape index (κ3) is 3.67. The van der Waals surface area contributed by atoms with E-state index >= 15 is 4.39 Å². The van der Waals surface area contributed by atoms with E-state index in [1.807, 2.05) is 0 Å². The summed E-state index contributed by atoms with van der Waals surface area (Å²) in [4.78, 5) is 40.3. The number of carbonyl (C=O) groups is 3. The Labute approximate surface area is 212 Å². The van der Waals surface area contributed by atoms with Gasteiger partial charge in [0.25, 0.3) is 5.91 Å². The van der Waals surface area contributed by atoms with Gasteiger partial charge in [-0.2, -0.15) is 0 Å². The number of likely N-dealkylation sites (N-methyl/N-ethyl adjacent to an activating group) is 1. The molecule has 0 bridgehead atoms. The van der Waals surface area contributed by atoms with E-state index in [-0.39, 0.29) is 41.6 Å². The van der Waals surface area contributed by atoms with Gasteiger partial charge in [0, 0.05) is 29.2 Å². The predicted octanol–water partition coefficient (Wildman–Crippen LogP) is 0.603. The van der Waals surface area contributed by atoms with Crippen LogP contribution in [0.2, 0.25) is 0 Å². The minimum absolute atomic E-state index is 0.0360. The van der Waals surface area contributed by atoms with Crippen LogP contribution in [0.25, 0.3) is 5.76 Å². The normalized spacial score (nSPS) is 29.4. The summed E-state index contributed by atoms with van der Waals surface area (Å²) >= 11 is 0. The molecule has 1 aromatic rings. The Hall–Kier alpha value is -3.28. The molecule has 0 aliphatic heterocycles. The van der Waals surface area contributed by atoms with Gasteiger partial charge in [-0.3, -0.25) is 19.3 Å². The first kappa shape index (κ1) is 25.4. The van der Waals surface area contributed by atoms with Crippen molar-refractivity contribution in [3.8, 4) is 5.75 Å². The third-order valence-corrected chi connectivity index (χ3v) is 8.17. The summed E-state index contributed by atoms with van der Waals surface area (Å²) in [6.07, 6.45) is 2.08. The van der Waals surface area contributed by atoms with Crippen molar-refractivity contribution < 1.29 is 39.2 Å². The molecule has 2 fully saturated rings. The number of aliphatic hydroxyl groups excluding tert-OH is 2. The van der Waals surface area contributed by atoms with Crippen LogP contribution < -0.4 is 11.1 Å². The van der Waals surface area contributed by atoms with Gasteiger partial charge in [-0.15, -0.1) is 0 Å². The summed E-state index contributed by atoms with van der Waals surface area (Å²) in [5, 5.41) is 47.4. The number of hydrogen-bond donors (Lipinski definition) is 6. The molecule has 1 aromatic carbocycles. The number of ketones is 2. The maximum atomic E-state index is 15.6. The lowest BCUT2D eigenvalue weighted by molar-refractivity contribution is -0.153. The van der Waals surface area contributed by atoms with Crippen LogP contribution in [0.5, 0.6) is 5.75 Å². The molecular formula is C26H30FN3O7. The molecule has 2 saturated carbocycles. The predicted molar refractivity (Wildman–Crippen MR) is 129 cm³/mol. The van der Waals surface area contributed by atoms with Crippen LogP contribution in [-0.4, -0.2) is 75.1 Å². The highest BCUT2D eigenvalue weighted by molar-refractivity contribution is 6.24. The lowest BCUT2D eigenvalue weighted by Crippen LogP contribution is -2.65. The van der Waals surface area contributed by atoms with Crippen LogP contribution in [0.4, 0.5) is 4.39 Å². The molecule has 0 radical (unpaired) electrons. The van der Waals surface area contributed by atoms with Crippen molar-refractivity contribution >= 4 is 23.2 Å². The van der Waals surface area contributed by atoms with Crippen LogP contribution in [-0.2, 0) is 27.3 Å². The molecule has 198 valence electrons. The van der Waals surface area contributed by atoms with Crippen LogP contribution in [0, 0.1) is 23.6 Å². The highest BCUT2D eigenvalue weighted by Crippen LogP contribution is 2.53. The number of aromatic hydroxyl groups is 1. The number of aliphatic hydroxyl groups is 3. The summed E-state index contributed by atoms with van der Waals surface area (Å²) < 4.78 is 15.6. The fourth-order valence-corrected chi connectivity index (χ4v) is 6.21. The number of nitrogens with two attached hydrogens (primary N) is 1. The Morgan fingerprint density at radius 2 is 1.92 bits per heavy atom. The summed E-state index contributed by atoms with van der Waals surface area (Å²) in [6.45, 7) is 0.909. The number of fused-ring (bicyclic) bond motifs is 3. The maximum Gasteiger partial charge on any atom is 0.255 e. The van der Waals surface area contributed by atoms with Gasteiger partial charge in [-0.05, 0) is 64.2 Å². The molecule has 1 amide bonds. The maximum absolute atomic E-state index is 15.6. The number of phenols is 1.